The molecule has 0 atom stereocenters. The summed E-state index contributed by atoms with van der Waals surface area (Å²) in [4.78, 5) is 16.9. The van der Waals surface area contributed by atoms with Crippen LogP contribution in [0.4, 0.5) is 5.69 Å². The number of aromatic nitrogens is 1. The van der Waals surface area contributed by atoms with Gasteiger partial charge in [-0.1, -0.05) is 24.3 Å². The number of hydrogen-bond donors (Lipinski definition) is 1. The van der Waals surface area contributed by atoms with E-state index in [0.717, 1.165) is 22.0 Å². The largest absolute Gasteiger partial charge is 0.496 e. The Labute approximate surface area is 146 Å². The molecular formula is C20H20N2O3. The Hall–Kier alpha value is -3.08. The zero-order valence-corrected chi connectivity index (χ0v) is 14.5. The van der Waals surface area contributed by atoms with Crippen LogP contribution in [0.15, 0.2) is 48.7 Å². The quantitative estimate of drug-likeness (QED) is 0.771. The maximum absolute atomic E-state index is 12.5. The molecule has 0 radical (unpaired) electrons. The number of hydrogen-bond acceptors (Lipinski definition) is 4. The van der Waals surface area contributed by atoms with Gasteiger partial charge in [0.15, 0.2) is 0 Å². The lowest BCUT2D eigenvalue weighted by Gasteiger charge is -2.13. The summed E-state index contributed by atoms with van der Waals surface area (Å²) in [5.41, 5.74) is 3.26. The number of nitrogens with one attached hydrogen (secondary N) is 1. The van der Waals surface area contributed by atoms with Gasteiger partial charge in [0.25, 0.3) is 0 Å². The molecule has 1 amide bonds. The maximum Gasteiger partial charge on any atom is 0.228 e. The summed E-state index contributed by atoms with van der Waals surface area (Å²) in [6.45, 7) is 1.91. The normalized spacial score (nSPS) is 10.5. The molecule has 0 bridgehead atoms. The molecule has 128 valence electrons. The molecule has 0 spiro atoms. The summed E-state index contributed by atoms with van der Waals surface area (Å²) in [5.74, 6) is 1.22. The molecule has 5 heteroatoms. The SMILES string of the molecule is COc1cc(NC(=O)Cc2cccc3cccnc23)cc(OC)c1C. The minimum absolute atomic E-state index is 0.119. The van der Waals surface area contributed by atoms with Gasteiger partial charge in [0.2, 0.25) is 5.91 Å². The number of pyridine rings is 1. The van der Waals surface area contributed by atoms with Crippen LogP contribution in [0.25, 0.3) is 10.9 Å². The fraction of sp³-hybridized carbons (Fsp3) is 0.200. The van der Waals surface area contributed by atoms with Crippen LogP contribution in [-0.4, -0.2) is 25.1 Å². The summed E-state index contributed by atoms with van der Waals surface area (Å²) in [5, 5.41) is 3.92. The third-order valence-corrected chi connectivity index (χ3v) is 4.10. The average Bonchev–Trinajstić information content (AvgIpc) is 2.63. The van der Waals surface area contributed by atoms with Crippen LogP contribution >= 0.6 is 0 Å². The van der Waals surface area contributed by atoms with E-state index < -0.39 is 0 Å². The molecule has 3 aromatic rings. The molecule has 5 nitrogen and oxygen atoms in total. The Morgan fingerprint density at radius 2 is 1.76 bits per heavy atom. The van der Waals surface area contributed by atoms with Gasteiger partial charge in [-0.15, -0.1) is 0 Å². The van der Waals surface area contributed by atoms with Gasteiger partial charge in [-0.2, -0.15) is 0 Å². The van der Waals surface area contributed by atoms with Crippen LogP contribution in [-0.2, 0) is 11.2 Å². The first kappa shape index (κ1) is 16.8. The molecule has 0 aliphatic carbocycles. The first-order valence-corrected chi connectivity index (χ1v) is 7.97. The predicted octanol–water partition coefficient (Wildman–Crippen LogP) is 3.74. The van der Waals surface area contributed by atoms with E-state index in [1.807, 2.05) is 37.3 Å². The Morgan fingerprint density at radius 1 is 1.08 bits per heavy atom. The van der Waals surface area contributed by atoms with E-state index in [2.05, 4.69) is 10.3 Å². The van der Waals surface area contributed by atoms with Gasteiger partial charge >= 0.3 is 0 Å². The molecule has 0 saturated carbocycles. The highest BCUT2D eigenvalue weighted by Crippen LogP contribution is 2.32. The Kier molecular flexibility index (Phi) is 4.84. The summed E-state index contributed by atoms with van der Waals surface area (Å²) in [7, 11) is 3.18. The highest BCUT2D eigenvalue weighted by atomic mass is 16.5. The van der Waals surface area contributed by atoms with Crippen LogP contribution in [0.3, 0.4) is 0 Å². The predicted molar refractivity (Wildman–Crippen MR) is 98.4 cm³/mol. The van der Waals surface area contributed by atoms with Crippen molar-refractivity contribution in [1.82, 2.24) is 4.98 Å². The molecule has 25 heavy (non-hydrogen) atoms. The van der Waals surface area contributed by atoms with Gasteiger partial charge in [0.05, 0.1) is 26.2 Å². The van der Waals surface area contributed by atoms with Crippen LogP contribution in [0.5, 0.6) is 11.5 Å². The third kappa shape index (κ3) is 3.55. The van der Waals surface area contributed by atoms with Crippen molar-refractivity contribution in [3.05, 3.63) is 59.8 Å². The van der Waals surface area contributed by atoms with E-state index in [4.69, 9.17) is 9.47 Å². The van der Waals surface area contributed by atoms with Gasteiger partial charge in [-0.3, -0.25) is 9.78 Å². The summed E-state index contributed by atoms with van der Waals surface area (Å²) in [6.07, 6.45) is 1.98. The van der Waals surface area contributed by atoms with E-state index in [0.29, 0.717) is 17.2 Å². The monoisotopic (exact) mass is 336 g/mol. The zero-order valence-electron chi connectivity index (χ0n) is 14.5. The highest BCUT2D eigenvalue weighted by molar-refractivity contribution is 5.95. The van der Waals surface area contributed by atoms with Crippen LogP contribution in [0.1, 0.15) is 11.1 Å². The smallest absolute Gasteiger partial charge is 0.228 e. The first-order valence-electron chi connectivity index (χ1n) is 7.97. The number of methoxy groups -OCH3 is 2. The summed E-state index contributed by atoms with van der Waals surface area (Å²) in [6, 6.07) is 13.3. The Morgan fingerprint density at radius 3 is 2.44 bits per heavy atom. The number of benzene rings is 2. The van der Waals surface area contributed by atoms with Crippen LogP contribution < -0.4 is 14.8 Å². The van der Waals surface area contributed by atoms with E-state index >= 15 is 0 Å². The second-order valence-corrected chi connectivity index (χ2v) is 5.72. The summed E-state index contributed by atoms with van der Waals surface area (Å²) >= 11 is 0. The number of nitrogens with zero attached hydrogens (tertiary/aromatic N) is 1. The van der Waals surface area contributed by atoms with Gasteiger partial charge in [0.1, 0.15) is 11.5 Å². The van der Waals surface area contributed by atoms with Gasteiger partial charge in [0, 0.05) is 35.0 Å². The molecule has 2 aromatic carbocycles. The van der Waals surface area contributed by atoms with Crippen molar-refractivity contribution in [2.45, 2.75) is 13.3 Å². The van der Waals surface area contributed by atoms with Crippen molar-refractivity contribution >= 4 is 22.5 Å². The molecule has 0 unspecified atom stereocenters. The molecule has 1 aromatic heterocycles. The van der Waals surface area contributed by atoms with Gasteiger partial charge in [-0.05, 0) is 18.6 Å². The van der Waals surface area contributed by atoms with Crippen molar-refractivity contribution < 1.29 is 14.3 Å². The van der Waals surface area contributed by atoms with E-state index in [9.17, 15) is 4.79 Å². The van der Waals surface area contributed by atoms with E-state index in [-0.39, 0.29) is 12.3 Å². The lowest BCUT2D eigenvalue weighted by molar-refractivity contribution is -0.115. The minimum atomic E-state index is -0.119. The second-order valence-electron chi connectivity index (χ2n) is 5.72. The fourth-order valence-electron chi connectivity index (χ4n) is 2.85. The molecular weight excluding hydrogens is 316 g/mol. The topological polar surface area (TPSA) is 60.5 Å². The van der Waals surface area contributed by atoms with Crippen molar-refractivity contribution in [3.63, 3.8) is 0 Å². The molecule has 0 aliphatic rings. The number of ether oxygens (including phenoxy) is 2. The number of rotatable bonds is 5. The van der Waals surface area contributed by atoms with Crippen molar-refractivity contribution in [1.29, 1.82) is 0 Å². The van der Waals surface area contributed by atoms with Crippen molar-refractivity contribution in [2.24, 2.45) is 0 Å². The zero-order chi connectivity index (χ0) is 17.8. The number of carbonyl (C=O) groups is 1. The number of anilines is 1. The molecule has 1 N–H and O–H groups in total. The van der Waals surface area contributed by atoms with Crippen molar-refractivity contribution in [2.75, 3.05) is 19.5 Å². The second kappa shape index (κ2) is 7.21. The van der Waals surface area contributed by atoms with Gasteiger partial charge < -0.3 is 14.8 Å². The minimum Gasteiger partial charge on any atom is -0.496 e. The van der Waals surface area contributed by atoms with E-state index in [1.165, 1.54) is 0 Å². The highest BCUT2D eigenvalue weighted by Gasteiger charge is 2.12. The molecule has 0 aliphatic heterocycles. The maximum atomic E-state index is 12.5. The van der Waals surface area contributed by atoms with Crippen LogP contribution in [0, 0.1) is 6.92 Å². The third-order valence-electron chi connectivity index (χ3n) is 4.10. The number of para-hydroxylation sites is 1. The molecule has 3 rings (SSSR count). The lowest BCUT2D eigenvalue weighted by atomic mass is 10.1. The fourth-order valence-corrected chi connectivity index (χ4v) is 2.85. The first-order chi connectivity index (χ1) is 12.1. The molecule has 0 saturated heterocycles. The Bertz CT molecular complexity index is 891. The van der Waals surface area contributed by atoms with Crippen molar-refractivity contribution in [3.8, 4) is 11.5 Å². The standard InChI is InChI=1S/C20H20N2O3/c1-13-17(24-2)11-16(12-18(13)25-3)22-19(23)10-15-7-4-6-14-8-5-9-21-20(14)15/h4-9,11-12H,10H2,1-3H3,(H,22,23). The van der Waals surface area contributed by atoms with Gasteiger partial charge in [-0.25, -0.2) is 0 Å². The average molecular weight is 336 g/mol. The molecule has 1 heterocycles. The Balaban J connectivity index is 1.83. The summed E-state index contributed by atoms with van der Waals surface area (Å²) < 4.78 is 10.7. The number of fused-ring (bicyclic) bond motifs is 1. The van der Waals surface area contributed by atoms with E-state index in [1.54, 1.807) is 32.5 Å². The number of amides is 1. The number of carbonyl (C=O) groups excluding carboxylic acids is 1. The van der Waals surface area contributed by atoms with Crippen LogP contribution in [0.2, 0.25) is 0 Å². The lowest BCUT2D eigenvalue weighted by Crippen LogP contribution is -2.15. The molecule has 0 fully saturated rings.